The van der Waals surface area contributed by atoms with Gasteiger partial charge in [0.25, 0.3) is 0 Å². The Morgan fingerprint density at radius 2 is 1.94 bits per heavy atom. The highest BCUT2D eigenvalue weighted by atomic mass is 35.5. The summed E-state index contributed by atoms with van der Waals surface area (Å²) in [6.45, 7) is 8.82. The van der Waals surface area contributed by atoms with Crippen LogP contribution in [0, 0.1) is 5.92 Å². The van der Waals surface area contributed by atoms with Gasteiger partial charge in [-0.1, -0.05) is 62.4 Å². The number of hydrogen-bond donors (Lipinski definition) is 1. The van der Waals surface area contributed by atoms with Crippen molar-refractivity contribution in [2.45, 2.75) is 26.3 Å². The van der Waals surface area contributed by atoms with Crippen LogP contribution in [-0.2, 0) is 0 Å². The quantitative estimate of drug-likeness (QED) is 0.785. The molecule has 0 heterocycles. The standard InChI is InChI=1S/C14H20ClN/c1-11(2)9-14(16-10-12(3)15)13-7-5-4-6-8-13/h4-8,11,14,16H,3,9-10H2,1-2H3. The third kappa shape index (κ3) is 4.82. The Labute approximate surface area is 104 Å². The molecule has 0 aliphatic rings. The molecule has 0 spiro atoms. The summed E-state index contributed by atoms with van der Waals surface area (Å²) in [4.78, 5) is 0. The van der Waals surface area contributed by atoms with E-state index in [-0.39, 0.29) is 0 Å². The summed E-state index contributed by atoms with van der Waals surface area (Å²) in [6.07, 6.45) is 1.11. The molecule has 88 valence electrons. The first kappa shape index (κ1) is 13.3. The maximum atomic E-state index is 5.79. The molecule has 1 atom stereocenters. The fourth-order valence-electron chi connectivity index (χ4n) is 1.73. The van der Waals surface area contributed by atoms with Crippen LogP contribution < -0.4 is 5.32 Å². The summed E-state index contributed by atoms with van der Waals surface area (Å²) in [7, 11) is 0. The number of benzene rings is 1. The molecule has 0 bridgehead atoms. The van der Waals surface area contributed by atoms with E-state index < -0.39 is 0 Å². The topological polar surface area (TPSA) is 12.0 Å². The van der Waals surface area contributed by atoms with Crippen LogP contribution in [0.3, 0.4) is 0 Å². The lowest BCUT2D eigenvalue weighted by Crippen LogP contribution is -2.23. The minimum Gasteiger partial charge on any atom is -0.305 e. The second-order valence-electron chi connectivity index (χ2n) is 4.49. The van der Waals surface area contributed by atoms with Gasteiger partial charge in [0.2, 0.25) is 0 Å². The van der Waals surface area contributed by atoms with Crippen molar-refractivity contribution in [1.29, 1.82) is 0 Å². The molecule has 0 aliphatic carbocycles. The van der Waals surface area contributed by atoms with Gasteiger partial charge in [-0.05, 0) is 17.9 Å². The van der Waals surface area contributed by atoms with Crippen molar-refractivity contribution >= 4 is 11.6 Å². The predicted octanol–water partition coefficient (Wildman–Crippen LogP) is 4.12. The lowest BCUT2D eigenvalue weighted by Gasteiger charge is -2.21. The van der Waals surface area contributed by atoms with Crippen molar-refractivity contribution in [2.24, 2.45) is 5.92 Å². The summed E-state index contributed by atoms with van der Waals surface area (Å²) in [5, 5.41) is 4.09. The molecule has 2 heteroatoms. The van der Waals surface area contributed by atoms with Gasteiger partial charge in [-0.25, -0.2) is 0 Å². The molecule has 0 aromatic heterocycles. The maximum Gasteiger partial charge on any atom is 0.0326 e. The van der Waals surface area contributed by atoms with E-state index in [1.165, 1.54) is 5.56 Å². The molecule has 1 nitrogen and oxygen atoms in total. The molecule has 16 heavy (non-hydrogen) atoms. The fraction of sp³-hybridized carbons (Fsp3) is 0.429. The molecule has 0 saturated carbocycles. The van der Waals surface area contributed by atoms with Gasteiger partial charge in [-0.2, -0.15) is 0 Å². The Morgan fingerprint density at radius 3 is 2.44 bits per heavy atom. The molecule has 1 unspecified atom stereocenters. The normalized spacial score (nSPS) is 12.8. The van der Waals surface area contributed by atoms with Crippen LogP contribution in [-0.4, -0.2) is 6.54 Å². The molecule has 0 saturated heterocycles. The lowest BCUT2D eigenvalue weighted by atomic mass is 9.97. The first-order chi connectivity index (χ1) is 7.59. The number of nitrogens with one attached hydrogen (secondary N) is 1. The first-order valence-corrected chi connectivity index (χ1v) is 6.09. The third-order valence-electron chi connectivity index (χ3n) is 2.45. The van der Waals surface area contributed by atoms with E-state index in [0.29, 0.717) is 23.5 Å². The van der Waals surface area contributed by atoms with E-state index in [4.69, 9.17) is 11.6 Å². The summed E-state index contributed by atoms with van der Waals surface area (Å²) < 4.78 is 0. The van der Waals surface area contributed by atoms with Gasteiger partial charge in [0.15, 0.2) is 0 Å². The van der Waals surface area contributed by atoms with Crippen molar-refractivity contribution in [3.63, 3.8) is 0 Å². The minimum atomic E-state index is 0.358. The molecule has 1 N–H and O–H groups in total. The second kappa shape index (κ2) is 6.72. The van der Waals surface area contributed by atoms with Gasteiger partial charge in [-0.15, -0.1) is 0 Å². The molecular formula is C14H20ClN. The summed E-state index contributed by atoms with van der Waals surface area (Å²) >= 11 is 5.79. The van der Waals surface area contributed by atoms with Crippen LogP contribution in [0.15, 0.2) is 41.9 Å². The van der Waals surface area contributed by atoms with E-state index in [0.717, 1.165) is 6.42 Å². The first-order valence-electron chi connectivity index (χ1n) is 5.71. The van der Waals surface area contributed by atoms with Gasteiger partial charge in [0.1, 0.15) is 0 Å². The molecule has 0 amide bonds. The zero-order chi connectivity index (χ0) is 12.0. The van der Waals surface area contributed by atoms with Gasteiger partial charge in [-0.3, -0.25) is 0 Å². The van der Waals surface area contributed by atoms with Crippen LogP contribution in [0.2, 0.25) is 0 Å². The van der Waals surface area contributed by atoms with E-state index in [1.807, 2.05) is 6.07 Å². The lowest BCUT2D eigenvalue weighted by molar-refractivity contribution is 0.444. The predicted molar refractivity (Wildman–Crippen MR) is 71.6 cm³/mol. The smallest absolute Gasteiger partial charge is 0.0326 e. The Hall–Kier alpha value is -0.790. The molecular weight excluding hydrogens is 218 g/mol. The average Bonchev–Trinajstić information content (AvgIpc) is 2.25. The molecule has 0 radical (unpaired) electrons. The van der Waals surface area contributed by atoms with Crippen LogP contribution in [0.4, 0.5) is 0 Å². The van der Waals surface area contributed by atoms with Gasteiger partial charge in [0, 0.05) is 17.6 Å². The van der Waals surface area contributed by atoms with Gasteiger partial charge >= 0.3 is 0 Å². The maximum absolute atomic E-state index is 5.79. The Kier molecular flexibility index (Phi) is 5.58. The molecule has 0 fully saturated rings. The second-order valence-corrected chi connectivity index (χ2v) is 5.03. The largest absolute Gasteiger partial charge is 0.305 e. The fourth-order valence-corrected chi connectivity index (χ4v) is 1.81. The van der Waals surface area contributed by atoms with E-state index in [1.54, 1.807) is 0 Å². The number of halogens is 1. The monoisotopic (exact) mass is 237 g/mol. The summed E-state index contributed by atoms with van der Waals surface area (Å²) in [5.74, 6) is 0.654. The minimum absolute atomic E-state index is 0.358. The number of hydrogen-bond acceptors (Lipinski definition) is 1. The van der Waals surface area contributed by atoms with Crippen LogP contribution >= 0.6 is 11.6 Å². The number of rotatable bonds is 6. The van der Waals surface area contributed by atoms with Crippen LogP contribution in [0.5, 0.6) is 0 Å². The van der Waals surface area contributed by atoms with E-state index >= 15 is 0 Å². The molecule has 1 aromatic rings. The highest BCUT2D eigenvalue weighted by Crippen LogP contribution is 2.21. The van der Waals surface area contributed by atoms with Crippen molar-refractivity contribution in [3.8, 4) is 0 Å². The zero-order valence-corrected chi connectivity index (χ0v) is 10.8. The third-order valence-corrected chi connectivity index (χ3v) is 2.58. The molecule has 1 aromatic carbocycles. The Balaban J connectivity index is 2.67. The highest BCUT2D eigenvalue weighted by Gasteiger charge is 2.12. The molecule has 1 rings (SSSR count). The van der Waals surface area contributed by atoms with E-state index in [2.05, 4.69) is 50.0 Å². The summed E-state index contributed by atoms with van der Waals surface area (Å²) in [6, 6.07) is 10.8. The SMILES string of the molecule is C=C(Cl)CNC(CC(C)C)c1ccccc1. The van der Waals surface area contributed by atoms with Gasteiger partial charge in [0.05, 0.1) is 0 Å². The van der Waals surface area contributed by atoms with Crippen LogP contribution in [0.25, 0.3) is 0 Å². The van der Waals surface area contributed by atoms with Crippen molar-refractivity contribution in [2.75, 3.05) is 6.54 Å². The highest BCUT2D eigenvalue weighted by molar-refractivity contribution is 6.29. The van der Waals surface area contributed by atoms with E-state index in [9.17, 15) is 0 Å². The van der Waals surface area contributed by atoms with Gasteiger partial charge < -0.3 is 5.32 Å². The zero-order valence-electron chi connectivity index (χ0n) is 10.0. The van der Waals surface area contributed by atoms with Crippen molar-refractivity contribution in [1.82, 2.24) is 5.32 Å². The Morgan fingerprint density at radius 1 is 1.31 bits per heavy atom. The van der Waals surface area contributed by atoms with Crippen molar-refractivity contribution < 1.29 is 0 Å². The molecule has 0 aliphatic heterocycles. The van der Waals surface area contributed by atoms with Crippen LogP contribution in [0.1, 0.15) is 31.9 Å². The van der Waals surface area contributed by atoms with Crippen molar-refractivity contribution in [3.05, 3.63) is 47.5 Å². The average molecular weight is 238 g/mol. The summed E-state index contributed by atoms with van der Waals surface area (Å²) in [5.41, 5.74) is 1.31. The Bertz CT molecular complexity index is 319.